The normalized spacial score (nSPS) is 11.2. The number of nitrogens with zero attached hydrogens (tertiary/aromatic N) is 1. The van der Waals surface area contributed by atoms with E-state index in [2.05, 4.69) is 0 Å². The molecular weight excluding hydrogens is 206 g/mol. The Morgan fingerprint density at radius 3 is 2.75 bits per heavy atom. The molecule has 1 heterocycles. The second kappa shape index (κ2) is 3.98. The SMILES string of the molecule is CN(C)Cc1cc2cc(C(=O)O)ccc2o1. The molecule has 4 nitrogen and oxygen atoms in total. The highest BCUT2D eigenvalue weighted by Crippen LogP contribution is 2.21. The van der Waals surface area contributed by atoms with Crippen LogP contribution < -0.4 is 0 Å². The Hall–Kier alpha value is -1.81. The highest BCUT2D eigenvalue weighted by molar-refractivity contribution is 5.93. The average molecular weight is 219 g/mol. The summed E-state index contributed by atoms with van der Waals surface area (Å²) in [7, 11) is 3.91. The maximum absolute atomic E-state index is 10.8. The van der Waals surface area contributed by atoms with Gasteiger partial charge in [-0.3, -0.25) is 0 Å². The van der Waals surface area contributed by atoms with Crippen LogP contribution in [0.15, 0.2) is 28.7 Å². The predicted octanol–water partition coefficient (Wildman–Crippen LogP) is 2.19. The fourth-order valence-electron chi connectivity index (χ4n) is 1.62. The zero-order valence-corrected chi connectivity index (χ0v) is 9.23. The molecule has 16 heavy (non-hydrogen) atoms. The molecule has 2 rings (SSSR count). The molecule has 0 aliphatic carbocycles. The van der Waals surface area contributed by atoms with E-state index in [-0.39, 0.29) is 5.56 Å². The van der Waals surface area contributed by atoms with Gasteiger partial charge in [-0.05, 0) is 38.4 Å². The number of carboxylic acid groups (broad SMARTS) is 1. The van der Waals surface area contributed by atoms with Gasteiger partial charge < -0.3 is 14.4 Å². The molecule has 0 aliphatic heterocycles. The third-order valence-corrected chi connectivity index (χ3v) is 2.29. The van der Waals surface area contributed by atoms with Crippen molar-refractivity contribution in [3.05, 3.63) is 35.6 Å². The summed E-state index contributed by atoms with van der Waals surface area (Å²) >= 11 is 0. The molecule has 1 N–H and O–H groups in total. The maximum Gasteiger partial charge on any atom is 0.335 e. The molecule has 0 radical (unpaired) electrons. The van der Waals surface area contributed by atoms with Crippen LogP contribution >= 0.6 is 0 Å². The van der Waals surface area contributed by atoms with Gasteiger partial charge >= 0.3 is 5.97 Å². The monoisotopic (exact) mass is 219 g/mol. The van der Waals surface area contributed by atoms with Crippen LogP contribution in [0.3, 0.4) is 0 Å². The lowest BCUT2D eigenvalue weighted by molar-refractivity contribution is 0.0697. The van der Waals surface area contributed by atoms with Crippen LogP contribution in [0.4, 0.5) is 0 Å². The summed E-state index contributed by atoms with van der Waals surface area (Å²) < 4.78 is 5.58. The molecule has 0 unspecified atom stereocenters. The molecule has 0 amide bonds. The van der Waals surface area contributed by atoms with Gasteiger partial charge in [0.2, 0.25) is 0 Å². The Balaban J connectivity index is 2.42. The molecular formula is C12H13NO3. The molecule has 0 aliphatic rings. The summed E-state index contributed by atoms with van der Waals surface area (Å²) in [6.45, 7) is 0.705. The molecule has 84 valence electrons. The number of carbonyl (C=O) groups is 1. The fourth-order valence-corrected chi connectivity index (χ4v) is 1.62. The summed E-state index contributed by atoms with van der Waals surface area (Å²) in [6, 6.07) is 6.74. The van der Waals surface area contributed by atoms with Crippen LogP contribution in [-0.4, -0.2) is 30.1 Å². The summed E-state index contributed by atoms with van der Waals surface area (Å²) in [5, 5.41) is 9.69. The van der Waals surface area contributed by atoms with Crippen molar-refractivity contribution in [2.24, 2.45) is 0 Å². The number of carboxylic acids is 1. The van der Waals surface area contributed by atoms with Crippen molar-refractivity contribution in [1.29, 1.82) is 0 Å². The first-order valence-electron chi connectivity index (χ1n) is 4.97. The number of hydrogen-bond donors (Lipinski definition) is 1. The molecule has 0 bridgehead atoms. The van der Waals surface area contributed by atoms with E-state index in [1.165, 1.54) is 0 Å². The van der Waals surface area contributed by atoms with E-state index in [9.17, 15) is 4.79 Å². The Morgan fingerprint density at radius 2 is 2.12 bits per heavy atom. The quantitative estimate of drug-likeness (QED) is 0.859. The van der Waals surface area contributed by atoms with Crippen LogP contribution in [0.25, 0.3) is 11.0 Å². The minimum Gasteiger partial charge on any atom is -0.478 e. The first kappa shape index (κ1) is 10.7. The molecule has 0 saturated heterocycles. The van der Waals surface area contributed by atoms with E-state index >= 15 is 0 Å². The molecule has 0 spiro atoms. The van der Waals surface area contributed by atoms with Gasteiger partial charge in [0.15, 0.2) is 0 Å². The summed E-state index contributed by atoms with van der Waals surface area (Å²) in [5.74, 6) is -0.0835. The van der Waals surface area contributed by atoms with Gasteiger partial charge in [-0.25, -0.2) is 4.79 Å². The van der Waals surface area contributed by atoms with Crippen LogP contribution in [-0.2, 0) is 6.54 Å². The van der Waals surface area contributed by atoms with E-state index < -0.39 is 5.97 Å². The fraction of sp³-hybridized carbons (Fsp3) is 0.250. The molecule has 4 heteroatoms. The first-order chi connectivity index (χ1) is 7.56. The summed E-state index contributed by atoms with van der Waals surface area (Å²) in [6.07, 6.45) is 0. The van der Waals surface area contributed by atoms with Gasteiger partial charge in [-0.1, -0.05) is 0 Å². The van der Waals surface area contributed by atoms with E-state index in [0.717, 1.165) is 16.7 Å². The van der Waals surface area contributed by atoms with Crippen molar-refractivity contribution in [3.63, 3.8) is 0 Å². The third-order valence-electron chi connectivity index (χ3n) is 2.29. The van der Waals surface area contributed by atoms with Crippen LogP contribution in [0.5, 0.6) is 0 Å². The number of aromatic carboxylic acids is 1. The van der Waals surface area contributed by atoms with Crippen molar-refractivity contribution in [1.82, 2.24) is 4.90 Å². The Bertz CT molecular complexity index is 528. The Morgan fingerprint density at radius 1 is 1.38 bits per heavy atom. The van der Waals surface area contributed by atoms with Crippen molar-refractivity contribution >= 4 is 16.9 Å². The zero-order chi connectivity index (χ0) is 11.7. The number of benzene rings is 1. The zero-order valence-electron chi connectivity index (χ0n) is 9.23. The first-order valence-corrected chi connectivity index (χ1v) is 4.97. The second-order valence-electron chi connectivity index (χ2n) is 4.01. The minimum atomic E-state index is -0.919. The lowest BCUT2D eigenvalue weighted by Crippen LogP contribution is -2.09. The van der Waals surface area contributed by atoms with Crippen molar-refractivity contribution in [2.75, 3.05) is 14.1 Å². The summed E-state index contributed by atoms with van der Waals surface area (Å²) in [4.78, 5) is 12.8. The Kier molecular flexibility index (Phi) is 2.66. The average Bonchev–Trinajstić information content (AvgIpc) is 2.56. The van der Waals surface area contributed by atoms with Gasteiger partial charge in [-0.2, -0.15) is 0 Å². The molecule has 0 saturated carbocycles. The van der Waals surface area contributed by atoms with Crippen LogP contribution in [0.2, 0.25) is 0 Å². The molecule has 1 aromatic carbocycles. The maximum atomic E-state index is 10.8. The van der Waals surface area contributed by atoms with E-state index in [1.807, 2.05) is 25.1 Å². The summed E-state index contributed by atoms with van der Waals surface area (Å²) in [5.41, 5.74) is 1.01. The highest BCUT2D eigenvalue weighted by Gasteiger charge is 2.08. The van der Waals surface area contributed by atoms with Gasteiger partial charge in [0.05, 0.1) is 12.1 Å². The standard InChI is InChI=1S/C12H13NO3/c1-13(2)7-10-6-9-5-8(12(14)15)3-4-11(9)16-10/h3-6H,7H2,1-2H3,(H,14,15). The van der Waals surface area contributed by atoms with E-state index in [0.29, 0.717) is 6.54 Å². The van der Waals surface area contributed by atoms with Gasteiger partial charge in [-0.15, -0.1) is 0 Å². The van der Waals surface area contributed by atoms with Gasteiger partial charge in [0.25, 0.3) is 0 Å². The topological polar surface area (TPSA) is 53.7 Å². The van der Waals surface area contributed by atoms with Crippen molar-refractivity contribution in [2.45, 2.75) is 6.54 Å². The second-order valence-corrected chi connectivity index (χ2v) is 4.01. The van der Waals surface area contributed by atoms with Crippen LogP contribution in [0, 0.1) is 0 Å². The molecule has 0 atom stereocenters. The Labute approximate surface area is 93.1 Å². The predicted molar refractivity (Wildman–Crippen MR) is 60.6 cm³/mol. The van der Waals surface area contributed by atoms with Gasteiger partial charge in [0, 0.05) is 5.39 Å². The number of rotatable bonds is 3. The molecule has 2 aromatic rings. The lowest BCUT2D eigenvalue weighted by atomic mass is 10.1. The molecule has 1 aromatic heterocycles. The number of fused-ring (bicyclic) bond motifs is 1. The lowest BCUT2D eigenvalue weighted by Gasteiger charge is -2.04. The van der Waals surface area contributed by atoms with Crippen LogP contribution in [0.1, 0.15) is 16.1 Å². The van der Waals surface area contributed by atoms with E-state index in [1.54, 1.807) is 18.2 Å². The van der Waals surface area contributed by atoms with Crippen molar-refractivity contribution < 1.29 is 14.3 Å². The highest BCUT2D eigenvalue weighted by atomic mass is 16.4. The third kappa shape index (κ3) is 2.06. The largest absolute Gasteiger partial charge is 0.478 e. The smallest absolute Gasteiger partial charge is 0.335 e. The van der Waals surface area contributed by atoms with Crippen molar-refractivity contribution in [3.8, 4) is 0 Å². The van der Waals surface area contributed by atoms with E-state index in [4.69, 9.17) is 9.52 Å². The number of furan rings is 1. The van der Waals surface area contributed by atoms with Gasteiger partial charge in [0.1, 0.15) is 11.3 Å². The minimum absolute atomic E-state index is 0.282. The number of hydrogen-bond acceptors (Lipinski definition) is 3. The molecule has 0 fully saturated rings.